The Balaban J connectivity index is 0.000000673. The van der Waals surface area contributed by atoms with E-state index in [0.717, 1.165) is 37.9 Å². The average molecular weight is 577 g/mol. The number of benzene rings is 1. The molecule has 1 aromatic rings. The number of piperidine rings is 1. The summed E-state index contributed by atoms with van der Waals surface area (Å²) in [5.41, 5.74) is 2.50. The number of hydrogen-bond acceptors (Lipinski definition) is 7. The molecule has 2 aliphatic rings. The molecule has 0 spiro atoms. The third-order valence-corrected chi connectivity index (χ3v) is 7.17. The zero-order valence-electron chi connectivity index (χ0n) is 20.8. The van der Waals surface area contributed by atoms with Crippen LogP contribution in [0.3, 0.4) is 0 Å². The van der Waals surface area contributed by atoms with Gasteiger partial charge in [-0.05, 0) is 62.4 Å². The first-order chi connectivity index (χ1) is 18.3. The first-order valence-electron chi connectivity index (χ1n) is 12.1. The minimum Gasteiger partial charge on any atom is -0.480 e. The third kappa shape index (κ3) is 11.1. The van der Waals surface area contributed by atoms with E-state index in [1.807, 2.05) is 0 Å². The number of dihydropyridines is 1. The van der Waals surface area contributed by atoms with Crippen molar-refractivity contribution in [2.24, 2.45) is 0 Å². The quantitative estimate of drug-likeness (QED) is 0.215. The van der Waals surface area contributed by atoms with Gasteiger partial charge in [0.25, 0.3) is 0 Å². The van der Waals surface area contributed by atoms with Gasteiger partial charge in [-0.15, -0.1) is 0 Å². The molecule has 216 valence electrons. The lowest BCUT2D eigenvalue weighted by Crippen LogP contribution is -2.48. The van der Waals surface area contributed by atoms with Gasteiger partial charge in [-0.3, -0.25) is 14.9 Å². The number of allylic oxidation sites excluding steroid dienone is 3. The van der Waals surface area contributed by atoms with Crippen LogP contribution in [0.1, 0.15) is 38.5 Å². The van der Waals surface area contributed by atoms with Crippen LogP contribution in [-0.2, 0) is 24.4 Å². The average Bonchev–Trinajstić information content (AvgIpc) is 2.89. The summed E-state index contributed by atoms with van der Waals surface area (Å²) in [6, 6.07) is 6.05. The van der Waals surface area contributed by atoms with E-state index in [-0.39, 0.29) is 29.9 Å². The van der Waals surface area contributed by atoms with E-state index in [0.29, 0.717) is 6.42 Å². The molecule has 2 atom stereocenters. The molecule has 1 amide bonds. The SMILES string of the molecule is O=C(CCCCC1=CC=C2CCCNC2N1)NC[C@H](NS(=O)(=O)c1ccccc1)C(=O)O.O=C(O)C(F)(F)F. The van der Waals surface area contributed by atoms with Crippen molar-refractivity contribution >= 4 is 27.9 Å². The van der Waals surface area contributed by atoms with Crippen LogP contribution in [0.4, 0.5) is 13.2 Å². The van der Waals surface area contributed by atoms with Crippen LogP contribution < -0.4 is 20.7 Å². The van der Waals surface area contributed by atoms with Crippen LogP contribution in [-0.4, -0.2) is 68.0 Å². The van der Waals surface area contributed by atoms with E-state index < -0.39 is 34.2 Å². The summed E-state index contributed by atoms with van der Waals surface area (Å²) in [6.45, 7) is 0.676. The highest BCUT2D eigenvalue weighted by molar-refractivity contribution is 7.89. The predicted octanol–water partition coefficient (Wildman–Crippen LogP) is 1.85. The fraction of sp³-hybridized carbons (Fsp3) is 0.458. The number of carbonyl (C=O) groups excluding carboxylic acids is 1. The van der Waals surface area contributed by atoms with Crippen molar-refractivity contribution in [3.63, 3.8) is 0 Å². The fourth-order valence-electron chi connectivity index (χ4n) is 3.67. The Morgan fingerprint density at radius 3 is 2.36 bits per heavy atom. The second kappa shape index (κ2) is 14.6. The Morgan fingerprint density at radius 1 is 1.08 bits per heavy atom. The van der Waals surface area contributed by atoms with Gasteiger partial charge in [0, 0.05) is 18.7 Å². The molecule has 0 bridgehead atoms. The van der Waals surface area contributed by atoms with Crippen molar-refractivity contribution in [3.05, 3.63) is 53.8 Å². The van der Waals surface area contributed by atoms with Gasteiger partial charge in [0.15, 0.2) is 0 Å². The molecule has 1 aromatic carbocycles. The number of aliphatic carboxylic acids is 2. The monoisotopic (exact) mass is 576 g/mol. The second-order valence-corrected chi connectivity index (χ2v) is 10.4. The van der Waals surface area contributed by atoms with Gasteiger partial charge < -0.3 is 20.8 Å². The smallest absolute Gasteiger partial charge is 0.480 e. The predicted molar refractivity (Wildman–Crippen MR) is 134 cm³/mol. The molecular formula is C24H31F3N4O7S. The first kappa shape index (κ1) is 31.8. The minimum absolute atomic E-state index is 0.0337. The van der Waals surface area contributed by atoms with Crippen molar-refractivity contribution in [2.45, 2.75) is 61.8 Å². The Hall–Kier alpha value is -3.43. The number of fused-ring (bicyclic) bond motifs is 1. The molecule has 0 radical (unpaired) electrons. The summed E-state index contributed by atoms with van der Waals surface area (Å²) in [6.07, 6.45) is 4.16. The van der Waals surface area contributed by atoms with Crippen molar-refractivity contribution in [1.82, 2.24) is 20.7 Å². The molecule has 3 rings (SSSR count). The van der Waals surface area contributed by atoms with E-state index in [1.165, 1.54) is 17.7 Å². The second-order valence-electron chi connectivity index (χ2n) is 8.71. The van der Waals surface area contributed by atoms with Gasteiger partial charge in [-0.1, -0.05) is 24.3 Å². The summed E-state index contributed by atoms with van der Waals surface area (Å²) in [5.74, 6) is -4.42. The third-order valence-electron chi connectivity index (χ3n) is 5.68. The molecule has 0 saturated carbocycles. The molecular weight excluding hydrogens is 545 g/mol. The van der Waals surface area contributed by atoms with Crippen LogP contribution in [0.25, 0.3) is 0 Å². The number of unbranched alkanes of at least 4 members (excludes halogenated alkanes) is 1. The van der Waals surface area contributed by atoms with E-state index in [9.17, 15) is 36.3 Å². The lowest BCUT2D eigenvalue weighted by Gasteiger charge is -2.32. The standard InChI is InChI=1S/C22H30N4O5S.C2HF3O2/c27-20(11-5-4-8-17-13-12-16-7-6-14-23-21(16)25-17)24-15-19(22(28)29)26-32(30,31)18-9-2-1-3-10-18;3-2(4,5)1(6)7/h1-3,9-10,12-13,19,21,23,25-26H,4-8,11,14-15H2,(H,24,27)(H,28,29);(H,6,7)/t19-,21?;/m0./s1. The fourth-order valence-corrected chi connectivity index (χ4v) is 4.88. The molecule has 39 heavy (non-hydrogen) atoms. The molecule has 1 fully saturated rings. The number of halogens is 3. The highest BCUT2D eigenvalue weighted by Gasteiger charge is 2.38. The number of sulfonamides is 1. The summed E-state index contributed by atoms with van der Waals surface area (Å²) >= 11 is 0. The molecule has 0 aromatic heterocycles. The van der Waals surface area contributed by atoms with Gasteiger partial charge in [0.05, 0.1) is 11.1 Å². The number of alkyl halides is 3. The normalized spacial score (nSPS) is 17.7. The number of hydrogen-bond donors (Lipinski definition) is 6. The summed E-state index contributed by atoms with van der Waals surface area (Å²) in [5, 5.41) is 25.9. The van der Waals surface area contributed by atoms with E-state index in [4.69, 9.17) is 9.90 Å². The number of carboxylic acid groups (broad SMARTS) is 2. The Morgan fingerprint density at radius 2 is 1.74 bits per heavy atom. The molecule has 11 nitrogen and oxygen atoms in total. The Kier molecular flexibility index (Phi) is 11.9. The van der Waals surface area contributed by atoms with Crippen molar-refractivity contribution < 1.29 is 46.2 Å². The maximum absolute atomic E-state index is 12.3. The summed E-state index contributed by atoms with van der Waals surface area (Å²) < 4.78 is 58.5. The van der Waals surface area contributed by atoms with E-state index in [2.05, 4.69) is 32.8 Å². The zero-order valence-corrected chi connectivity index (χ0v) is 21.6. The van der Waals surface area contributed by atoms with Crippen LogP contribution in [0.2, 0.25) is 0 Å². The van der Waals surface area contributed by atoms with E-state index >= 15 is 0 Å². The maximum Gasteiger partial charge on any atom is 0.490 e. The van der Waals surface area contributed by atoms with Crippen LogP contribution >= 0.6 is 0 Å². The van der Waals surface area contributed by atoms with Gasteiger partial charge >= 0.3 is 18.1 Å². The van der Waals surface area contributed by atoms with Crippen LogP contribution in [0.5, 0.6) is 0 Å². The highest BCUT2D eigenvalue weighted by atomic mass is 32.2. The number of carbonyl (C=O) groups is 3. The molecule has 6 N–H and O–H groups in total. The largest absolute Gasteiger partial charge is 0.490 e. The molecule has 15 heteroatoms. The van der Waals surface area contributed by atoms with Crippen LogP contribution in [0.15, 0.2) is 58.6 Å². The number of rotatable bonds is 11. The zero-order chi connectivity index (χ0) is 29.1. The molecule has 1 unspecified atom stereocenters. The summed E-state index contributed by atoms with van der Waals surface area (Å²) in [7, 11) is -4.00. The molecule has 2 heterocycles. The molecule has 2 aliphatic heterocycles. The summed E-state index contributed by atoms with van der Waals surface area (Å²) in [4.78, 5) is 32.4. The highest BCUT2D eigenvalue weighted by Crippen LogP contribution is 2.20. The molecule has 0 aliphatic carbocycles. The Labute approximate surface area is 223 Å². The van der Waals surface area contributed by atoms with Gasteiger partial charge in [-0.2, -0.15) is 17.9 Å². The lowest BCUT2D eigenvalue weighted by molar-refractivity contribution is -0.192. The lowest BCUT2D eigenvalue weighted by atomic mass is 9.98. The minimum atomic E-state index is -5.08. The van der Waals surface area contributed by atoms with Crippen LogP contribution in [0, 0.1) is 0 Å². The number of amides is 1. The Bertz CT molecular complexity index is 1170. The molecule has 1 saturated heterocycles. The van der Waals surface area contributed by atoms with Gasteiger partial charge in [0.2, 0.25) is 15.9 Å². The van der Waals surface area contributed by atoms with Crippen molar-refractivity contribution in [1.29, 1.82) is 0 Å². The van der Waals surface area contributed by atoms with Crippen molar-refractivity contribution in [2.75, 3.05) is 13.1 Å². The van der Waals surface area contributed by atoms with Gasteiger partial charge in [-0.25, -0.2) is 13.2 Å². The van der Waals surface area contributed by atoms with E-state index in [1.54, 1.807) is 18.2 Å². The van der Waals surface area contributed by atoms with Crippen molar-refractivity contribution in [3.8, 4) is 0 Å². The number of nitrogens with one attached hydrogen (secondary N) is 4. The first-order valence-corrected chi connectivity index (χ1v) is 13.5. The maximum atomic E-state index is 12.3. The topological polar surface area (TPSA) is 174 Å². The number of carboxylic acids is 2. The van der Waals surface area contributed by atoms with Gasteiger partial charge in [0.1, 0.15) is 6.04 Å².